The highest BCUT2D eigenvalue weighted by molar-refractivity contribution is 5.53. The fourth-order valence-electron chi connectivity index (χ4n) is 0.685. The summed E-state index contributed by atoms with van der Waals surface area (Å²) in [5.41, 5.74) is 1.72. The van der Waals surface area contributed by atoms with Gasteiger partial charge in [-0.3, -0.25) is 0 Å². The van der Waals surface area contributed by atoms with E-state index in [1.807, 2.05) is 12.1 Å². The average molecular weight is 129 g/mol. The zero-order valence-electron chi connectivity index (χ0n) is 5.54. The molecular weight excluding hydrogens is 122 g/mol. The Balaban J connectivity index is 3.04. The summed E-state index contributed by atoms with van der Waals surface area (Å²) >= 11 is 0. The highest BCUT2D eigenvalue weighted by Gasteiger charge is 1.86. The molecule has 0 saturated heterocycles. The zero-order valence-corrected chi connectivity index (χ0v) is 5.54. The van der Waals surface area contributed by atoms with Crippen molar-refractivity contribution >= 4 is 11.8 Å². The Morgan fingerprint density at radius 3 is 2.30 bits per heavy atom. The monoisotopic (exact) mass is 129 g/mol. The predicted molar refractivity (Wildman–Crippen MR) is 42.8 cm³/mol. The molecular formula is C9H7N. The molecule has 1 nitrogen and oxygen atoms in total. The molecule has 10 heavy (non-hydrogen) atoms. The van der Waals surface area contributed by atoms with Crippen LogP contribution in [0.1, 0.15) is 5.56 Å². The van der Waals surface area contributed by atoms with Crippen LogP contribution in [0, 0.1) is 6.57 Å². The molecule has 0 radical (unpaired) electrons. The van der Waals surface area contributed by atoms with Crippen LogP contribution in [0.15, 0.2) is 30.8 Å². The van der Waals surface area contributed by atoms with Crippen molar-refractivity contribution in [3.05, 3.63) is 47.8 Å². The van der Waals surface area contributed by atoms with Gasteiger partial charge >= 0.3 is 0 Å². The third-order valence-electron chi connectivity index (χ3n) is 1.26. The van der Waals surface area contributed by atoms with Crippen molar-refractivity contribution in [2.75, 3.05) is 0 Å². The molecule has 0 aromatic heterocycles. The van der Waals surface area contributed by atoms with Crippen LogP contribution < -0.4 is 0 Å². The van der Waals surface area contributed by atoms with Gasteiger partial charge in [0.25, 0.3) is 0 Å². The second-order valence-electron chi connectivity index (χ2n) is 1.91. The Morgan fingerprint density at radius 2 is 1.90 bits per heavy atom. The fourth-order valence-corrected chi connectivity index (χ4v) is 0.685. The predicted octanol–water partition coefficient (Wildman–Crippen LogP) is 2.88. The molecule has 0 N–H and O–H groups in total. The van der Waals surface area contributed by atoms with Gasteiger partial charge in [0.15, 0.2) is 5.69 Å². The van der Waals surface area contributed by atoms with E-state index >= 15 is 0 Å². The molecule has 0 unspecified atom stereocenters. The molecule has 0 aliphatic carbocycles. The van der Waals surface area contributed by atoms with Crippen LogP contribution in [0.5, 0.6) is 0 Å². The number of hydrogen-bond donors (Lipinski definition) is 0. The van der Waals surface area contributed by atoms with Crippen molar-refractivity contribution in [1.29, 1.82) is 0 Å². The van der Waals surface area contributed by atoms with E-state index in [1.165, 1.54) is 0 Å². The highest BCUT2D eigenvalue weighted by Crippen LogP contribution is 2.12. The Labute approximate surface area is 60.4 Å². The molecule has 0 atom stereocenters. The maximum atomic E-state index is 6.67. The first-order valence-corrected chi connectivity index (χ1v) is 2.97. The number of benzene rings is 1. The van der Waals surface area contributed by atoms with Crippen LogP contribution in [0.25, 0.3) is 10.9 Å². The van der Waals surface area contributed by atoms with Gasteiger partial charge < -0.3 is 0 Å². The third-order valence-corrected chi connectivity index (χ3v) is 1.26. The first-order valence-electron chi connectivity index (χ1n) is 2.97. The van der Waals surface area contributed by atoms with Gasteiger partial charge in [-0.15, -0.1) is 0 Å². The zero-order chi connectivity index (χ0) is 7.40. The smallest absolute Gasteiger partial charge is 0.187 e. The van der Waals surface area contributed by atoms with Crippen molar-refractivity contribution in [2.24, 2.45) is 0 Å². The summed E-state index contributed by atoms with van der Waals surface area (Å²) in [5.74, 6) is 0. The Morgan fingerprint density at radius 1 is 1.30 bits per heavy atom. The normalized spacial score (nSPS) is 8.30. The summed E-state index contributed by atoms with van der Waals surface area (Å²) in [6.45, 7) is 10.3. The van der Waals surface area contributed by atoms with E-state index in [0.29, 0.717) is 5.69 Å². The standard InChI is InChI=1S/C9H7N/c1-3-8-4-6-9(10-2)7-5-8/h3-7H,1H2. The van der Waals surface area contributed by atoms with Crippen molar-refractivity contribution in [3.8, 4) is 0 Å². The van der Waals surface area contributed by atoms with E-state index in [1.54, 1.807) is 18.2 Å². The summed E-state index contributed by atoms with van der Waals surface area (Å²) in [6, 6.07) is 7.31. The Hall–Kier alpha value is -1.55. The summed E-state index contributed by atoms with van der Waals surface area (Å²) < 4.78 is 0. The molecule has 48 valence electrons. The van der Waals surface area contributed by atoms with Crippen LogP contribution in [0.4, 0.5) is 5.69 Å². The van der Waals surface area contributed by atoms with Crippen molar-refractivity contribution in [2.45, 2.75) is 0 Å². The second kappa shape index (κ2) is 2.84. The summed E-state index contributed by atoms with van der Waals surface area (Å²) in [4.78, 5) is 3.26. The average Bonchev–Trinajstić information content (AvgIpc) is 2.05. The molecule has 0 bridgehead atoms. The summed E-state index contributed by atoms with van der Waals surface area (Å²) in [6.07, 6.45) is 1.76. The largest absolute Gasteiger partial charge is 0.238 e. The molecule has 0 saturated carbocycles. The molecule has 0 fully saturated rings. The highest BCUT2D eigenvalue weighted by atomic mass is 14.6. The van der Waals surface area contributed by atoms with Gasteiger partial charge in [-0.05, 0) is 5.56 Å². The minimum atomic E-state index is 0.672. The van der Waals surface area contributed by atoms with E-state index in [2.05, 4.69) is 11.4 Å². The molecule has 1 heteroatoms. The van der Waals surface area contributed by atoms with Gasteiger partial charge in [0.2, 0.25) is 0 Å². The lowest BCUT2D eigenvalue weighted by atomic mass is 10.2. The lowest BCUT2D eigenvalue weighted by molar-refractivity contribution is 1.67. The van der Waals surface area contributed by atoms with Gasteiger partial charge in [-0.2, -0.15) is 0 Å². The number of hydrogen-bond acceptors (Lipinski definition) is 0. The molecule has 1 rings (SSSR count). The first-order chi connectivity index (χ1) is 4.86. The van der Waals surface area contributed by atoms with Gasteiger partial charge in [-0.25, -0.2) is 4.85 Å². The first kappa shape index (κ1) is 6.57. The number of rotatable bonds is 1. The van der Waals surface area contributed by atoms with Gasteiger partial charge in [0.1, 0.15) is 0 Å². The molecule has 0 aliphatic rings. The summed E-state index contributed by atoms with van der Waals surface area (Å²) in [7, 11) is 0. The van der Waals surface area contributed by atoms with E-state index in [0.717, 1.165) is 5.56 Å². The second-order valence-corrected chi connectivity index (χ2v) is 1.91. The van der Waals surface area contributed by atoms with Crippen LogP contribution >= 0.6 is 0 Å². The summed E-state index contributed by atoms with van der Waals surface area (Å²) in [5, 5.41) is 0. The minimum absolute atomic E-state index is 0.672. The van der Waals surface area contributed by atoms with Gasteiger partial charge in [0.05, 0.1) is 6.57 Å². The molecule has 1 aromatic carbocycles. The van der Waals surface area contributed by atoms with Crippen molar-refractivity contribution < 1.29 is 0 Å². The molecule has 0 spiro atoms. The van der Waals surface area contributed by atoms with Gasteiger partial charge in [0, 0.05) is 0 Å². The van der Waals surface area contributed by atoms with Crippen LogP contribution in [-0.4, -0.2) is 0 Å². The molecule has 0 amide bonds. The Kier molecular flexibility index (Phi) is 1.86. The Bertz CT molecular complexity index is 264. The van der Waals surface area contributed by atoms with E-state index in [-0.39, 0.29) is 0 Å². The van der Waals surface area contributed by atoms with Crippen LogP contribution in [-0.2, 0) is 0 Å². The fraction of sp³-hybridized carbons (Fsp3) is 0. The van der Waals surface area contributed by atoms with Crippen LogP contribution in [0.3, 0.4) is 0 Å². The topological polar surface area (TPSA) is 4.36 Å². The van der Waals surface area contributed by atoms with E-state index in [4.69, 9.17) is 6.57 Å². The maximum Gasteiger partial charge on any atom is 0.187 e. The van der Waals surface area contributed by atoms with Crippen molar-refractivity contribution in [3.63, 3.8) is 0 Å². The van der Waals surface area contributed by atoms with E-state index in [9.17, 15) is 0 Å². The lowest BCUT2D eigenvalue weighted by Gasteiger charge is -1.90. The number of nitrogens with zero attached hydrogens (tertiary/aromatic N) is 1. The van der Waals surface area contributed by atoms with Gasteiger partial charge in [-0.1, -0.05) is 36.9 Å². The molecule has 0 aliphatic heterocycles. The quantitative estimate of drug-likeness (QED) is 0.513. The maximum absolute atomic E-state index is 6.67. The third kappa shape index (κ3) is 1.24. The SMILES string of the molecule is [C-]#[N+]c1ccc(C=C)cc1. The van der Waals surface area contributed by atoms with Crippen molar-refractivity contribution in [1.82, 2.24) is 0 Å². The van der Waals surface area contributed by atoms with Crippen LogP contribution in [0.2, 0.25) is 0 Å². The molecule has 1 aromatic rings. The lowest BCUT2D eigenvalue weighted by Crippen LogP contribution is -1.66. The minimum Gasteiger partial charge on any atom is -0.238 e. The molecule has 0 heterocycles. The van der Waals surface area contributed by atoms with E-state index < -0.39 is 0 Å².